The Morgan fingerprint density at radius 1 is 0.344 bits per heavy atom. The SMILES string of the molecule is C1CN2CCN1CC2.Fc1c(I)c(F)c(I)c(F)c1I.Fc1c(I)c(F)c(I)c(F)c1I. The zero-order chi connectivity index (χ0) is 24.3. The Morgan fingerprint density at radius 3 is 0.562 bits per heavy atom. The normalized spacial score (nSPS) is 19.1. The molecule has 2 aromatic rings. The number of nitrogens with zero attached hydrogens (tertiary/aromatic N) is 2. The number of piperazine rings is 3. The van der Waals surface area contributed by atoms with Crippen LogP contribution in [0.5, 0.6) is 0 Å². The van der Waals surface area contributed by atoms with Gasteiger partial charge < -0.3 is 0 Å². The van der Waals surface area contributed by atoms with Gasteiger partial charge in [-0.15, -0.1) is 0 Å². The van der Waals surface area contributed by atoms with E-state index in [-0.39, 0.29) is 21.4 Å². The smallest absolute Gasteiger partial charge is 0.155 e. The fraction of sp³-hybridized carbons (Fsp3) is 0.333. The number of hydrogen-bond acceptors (Lipinski definition) is 2. The van der Waals surface area contributed by atoms with Crippen molar-refractivity contribution in [3.63, 3.8) is 0 Å². The lowest BCUT2D eigenvalue weighted by atomic mass is 10.2. The highest BCUT2D eigenvalue weighted by atomic mass is 127. The Morgan fingerprint density at radius 2 is 0.469 bits per heavy atom. The second-order valence-electron chi connectivity index (χ2n) is 6.45. The first kappa shape index (κ1) is 30.5. The fourth-order valence-electron chi connectivity index (χ4n) is 2.68. The molecule has 178 valence electrons. The van der Waals surface area contributed by atoms with Crippen LogP contribution >= 0.6 is 136 Å². The highest BCUT2D eigenvalue weighted by molar-refractivity contribution is 14.1. The first-order valence-electron chi connectivity index (χ1n) is 8.67. The Balaban J connectivity index is 0.000000173. The highest BCUT2D eigenvalue weighted by Gasteiger charge is 2.22. The fourth-order valence-corrected chi connectivity index (χ4v) is 9.01. The molecule has 3 aliphatic heterocycles. The molecule has 0 aliphatic carbocycles. The molecule has 0 saturated carbocycles. The lowest BCUT2D eigenvalue weighted by Gasteiger charge is -2.41. The maximum atomic E-state index is 12.9. The van der Waals surface area contributed by atoms with Crippen molar-refractivity contribution in [3.8, 4) is 0 Å². The number of fused-ring (bicyclic) bond motifs is 3. The molecule has 0 radical (unpaired) electrons. The molecule has 5 rings (SSSR count). The van der Waals surface area contributed by atoms with Crippen molar-refractivity contribution in [2.75, 3.05) is 39.3 Å². The van der Waals surface area contributed by atoms with Crippen LogP contribution in [0.4, 0.5) is 26.3 Å². The first-order chi connectivity index (χ1) is 14.9. The van der Waals surface area contributed by atoms with Gasteiger partial charge in [0.2, 0.25) is 0 Å². The molecule has 14 heteroatoms. The maximum Gasteiger partial charge on any atom is 0.155 e. The van der Waals surface area contributed by atoms with Gasteiger partial charge in [-0.05, 0) is 136 Å². The van der Waals surface area contributed by atoms with Gasteiger partial charge in [-0.25, -0.2) is 26.3 Å². The molecule has 2 nitrogen and oxygen atoms in total. The molecule has 0 amide bonds. The van der Waals surface area contributed by atoms with E-state index in [1.807, 2.05) is 0 Å². The van der Waals surface area contributed by atoms with E-state index in [2.05, 4.69) is 9.80 Å². The van der Waals surface area contributed by atoms with Gasteiger partial charge in [-0.3, -0.25) is 9.80 Å². The van der Waals surface area contributed by atoms with Crippen LogP contribution in [-0.4, -0.2) is 49.1 Å². The Hall–Kier alpha value is 2.32. The first-order valence-corrected chi connectivity index (χ1v) is 15.1. The summed E-state index contributed by atoms with van der Waals surface area (Å²) >= 11 is 9.06. The summed E-state index contributed by atoms with van der Waals surface area (Å²) in [5, 5.41) is 0. The number of rotatable bonds is 0. The summed E-state index contributed by atoms with van der Waals surface area (Å²) in [6.07, 6.45) is 0. The molecule has 0 aromatic heterocycles. The molecule has 2 bridgehead atoms. The van der Waals surface area contributed by atoms with Crippen LogP contribution in [0.15, 0.2) is 0 Å². The van der Waals surface area contributed by atoms with Crippen LogP contribution in [-0.2, 0) is 0 Å². The number of benzene rings is 2. The van der Waals surface area contributed by atoms with Gasteiger partial charge in [0.25, 0.3) is 0 Å². The van der Waals surface area contributed by atoms with Crippen molar-refractivity contribution in [1.29, 1.82) is 0 Å². The minimum absolute atomic E-state index is 0.164. The topological polar surface area (TPSA) is 6.48 Å². The van der Waals surface area contributed by atoms with E-state index >= 15 is 0 Å². The molecule has 32 heavy (non-hydrogen) atoms. The summed E-state index contributed by atoms with van der Waals surface area (Å²) in [6, 6.07) is 0. The zero-order valence-corrected chi connectivity index (χ0v) is 28.6. The van der Waals surface area contributed by atoms with E-state index in [9.17, 15) is 26.3 Å². The number of hydrogen-bond donors (Lipinski definition) is 0. The minimum Gasteiger partial charge on any atom is -0.300 e. The third-order valence-corrected chi connectivity index (χ3v) is 10.2. The summed E-state index contributed by atoms with van der Waals surface area (Å²) in [6.45, 7) is 7.92. The van der Waals surface area contributed by atoms with Crippen molar-refractivity contribution in [2.45, 2.75) is 0 Å². The molecule has 0 atom stereocenters. The van der Waals surface area contributed by atoms with Crippen LogP contribution in [0.2, 0.25) is 0 Å². The van der Waals surface area contributed by atoms with E-state index in [0.29, 0.717) is 0 Å². The summed E-state index contributed by atoms with van der Waals surface area (Å²) < 4.78 is 76.6. The average molecular weight is 1130 g/mol. The zero-order valence-electron chi connectivity index (χ0n) is 15.7. The van der Waals surface area contributed by atoms with Crippen LogP contribution in [0, 0.1) is 56.3 Å². The highest BCUT2D eigenvalue weighted by Crippen LogP contribution is 2.29. The van der Waals surface area contributed by atoms with Gasteiger partial charge in [0.1, 0.15) is 0 Å². The lowest BCUT2D eigenvalue weighted by molar-refractivity contribution is 0.0647. The van der Waals surface area contributed by atoms with Crippen LogP contribution in [0.3, 0.4) is 0 Å². The van der Waals surface area contributed by atoms with Crippen molar-refractivity contribution in [2.24, 2.45) is 0 Å². The van der Waals surface area contributed by atoms with Crippen LogP contribution in [0.25, 0.3) is 0 Å². The Kier molecular flexibility index (Phi) is 13.1. The predicted molar refractivity (Wildman–Crippen MR) is 162 cm³/mol. The van der Waals surface area contributed by atoms with E-state index in [1.165, 1.54) is 175 Å². The van der Waals surface area contributed by atoms with E-state index in [0.717, 1.165) is 0 Å². The largest absolute Gasteiger partial charge is 0.300 e. The van der Waals surface area contributed by atoms with Crippen LogP contribution < -0.4 is 0 Å². The van der Waals surface area contributed by atoms with Crippen molar-refractivity contribution >= 4 is 136 Å². The minimum atomic E-state index is -0.827. The Labute approximate surface area is 263 Å². The molecule has 3 fully saturated rings. The van der Waals surface area contributed by atoms with E-state index in [4.69, 9.17) is 0 Å². The molecule has 0 N–H and O–H groups in total. The lowest BCUT2D eigenvalue weighted by Crippen LogP contribution is -2.55. The van der Waals surface area contributed by atoms with Crippen LogP contribution in [0.1, 0.15) is 0 Å². The summed E-state index contributed by atoms with van der Waals surface area (Å²) in [5.41, 5.74) is 0. The van der Waals surface area contributed by atoms with Gasteiger partial charge in [-0.2, -0.15) is 0 Å². The second kappa shape index (κ2) is 13.7. The summed E-state index contributed by atoms with van der Waals surface area (Å²) in [7, 11) is 0. The van der Waals surface area contributed by atoms with Gasteiger partial charge in [0, 0.05) is 39.3 Å². The van der Waals surface area contributed by atoms with Gasteiger partial charge in [-0.1, -0.05) is 0 Å². The molecular weight excluding hydrogens is 1120 g/mol. The standard InChI is InChI=1S/2C6F3I3.C6H12N2/c2*7-1-4(10)2(8)6(12)3(9)5(1)11;1-2-8-5-3-7(1)4-6-8/h;;1-6H2. The van der Waals surface area contributed by atoms with Gasteiger partial charge in [0.15, 0.2) is 34.9 Å². The van der Waals surface area contributed by atoms with E-state index < -0.39 is 34.9 Å². The second-order valence-corrected chi connectivity index (χ2v) is 12.9. The van der Waals surface area contributed by atoms with E-state index in [1.54, 1.807) is 0 Å². The van der Waals surface area contributed by atoms with Gasteiger partial charge >= 0.3 is 0 Å². The molecule has 0 unspecified atom stereocenters. The third-order valence-electron chi connectivity index (χ3n) is 4.51. The van der Waals surface area contributed by atoms with Crippen molar-refractivity contribution in [1.82, 2.24) is 9.80 Å². The molecule has 3 aliphatic rings. The van der Waals surface area contributed by atoms with Crippen molar-refractivity contribution < 1.29 is 26.3 Å². The molecule has 3 saturated heterocycles. The molecular formula is C18H12F6I6N2. The number of halogens is 12. The molecule has 3 heterocycles. The predicted octanol–water partition coefficient (Wildman–Crippen LogP) is 7.45. The summed E-state index contributed by atoms with van der Waals surface area (Å²) in [5.74, 6) is -4.96. The third kappa shape index (κ3) is 7.43. The van der Waals surface area contributed by atoms with Crippen molar-refractivity contribution in [3.05, 3.63) is 56.3 Å². The molecule has 2 aromatic carbocycles. The Bertz CT molecular complexity index is 700. The summed E-state index contributed by atoms with van der Waals surface area (Å²) in [4.78, 5) is 5.08. The maximum absolute atomic E-state index is 12.9. The van der Waals surface area contributed by atoms with Gasteiger partial charge in [0.05, 0.1) is 21.4 Å². The average Bonchev–Trinajstić information content (AvgIpc) is 2.83. The molecule has 0 spiro atoms. The quantitative estimate of drug-likeness (QED) is 0.117. The monoisotopic (exact) mass is 1130 g/mol.